The summed E-state index contributed by atoms with van der Waals surface area (Å²) in [6, 6.07) is 0. The summed E-state index contributed by atoms with van der Waals surface area (Å²) in [5.41, 5.74) is 10.2. The van der Waals surface area contributed by atoms with Crippen LogP contribution < -0.4 is 11.5 Å². The smallest absolute Gasteiger partial charge is 0.237 e. The highest BCUT2D eigenvalue weighted by atomic mass is 16.4. The number of carbonyl (C=O) groups is 2. The molecule has 16 heavy (non-hydrogen) atoms. The first-order valence-corrected chi connectivity index (χ1v) is 4.89. The lowest BCUT2D eigenvalue weighted by molar-refractivity contribution is -0.134. The molecular weight excluding hydrogens is 212 g/mol. The molecule has 7 nitrogen and oxygen atoms in total. The van der Waals surface area contributed by atoms with E-state index in [-0.39, 0.29) is 30.6 Å². The van der Waals surface area contributed by atoms with Crippen molar-refractivity contribution in [2.45, 2.75) is 20.3 Å². The number of nitrogens with zero attached hydrogens (tertiary/aromatic N) is 2. The molecule has 0 aliphatic heterocycles. The molecule has 0 saturated heterocycles. The number of amidine groups is 1. The second-order valence-corrected chi connectivity index (χ2v) is 3.90. The molecule has 0 radical (unpaired) electrons. The van der Waals surface area contributed by atoms with Gasteiger partial charge < -0.3 is 21.6 Å². The summed E-state index contributed by atoms with van der Waals surface area (Å²) in [4.78, 5) is 23.7. The van der Waals surface area contributed by atoms with E-state index in [4.69, 9.17) is 16.7 Å². The Morgan fingerprint density at radius 3 is 2.31 bits per heavy atom. The number of primary amides is 1. The van der Waals surface area contributed by atoms with Crippen LogP contribution in [0.2, 0.25) is 0 Å². The summed E-state index contributed by atoms with van der Waals surface area (Å²) < 4.78 is 0. The van der Waals surface area contributed by atoms with E-state index in [1.165, 1.54) is 4.90 Å². The van der Waals surface area contributed by atoms with E-state index in [2.05, 4.69) is 5.16 Å². The fourth-order valence-corrected chi connectivity index (χ4v) is 1.19. The summed E-state index contributed by atoms with van der Waals surface area (Å²) in [7, 11) is 0. The maximum Gasteiger partial charge on any atom is 0.237 e. The van der Waals surface area contributed by atoms with Gasteiger partial charge in [-0.25, -0.2) is 0 Å². The van der Waals surface area contributed by atoms with E-state index in [0.29, 0.717) is 6.54 Å². The molecule has 0 spiro atoms. The highest BCUT2D eigenvalue weighted by Gasteiger charge is 2.18. The van der Waals surface area contributed by atoms with Crippen molar-refractivity contribution in [2.75, 3.05) is 13.1 Å². The first kappa shape index (κ1) is 14.2. The van der Waals surface area contributed by atoms with Crippen LogP contribution in [0.25, 0.3) is 0 Å². The minimum Gasteiger partial charge on any atom is -0.409 e. The van der Waals surface area contributed by atoms with Gasteiger partial charge in [-0.3, -0.25) is 9.59 Å². The molecule has 0 bridgehead atoms. The van der Waals surface area contributed by atoms with E-state index in [0.717, 1.165) is 0 Å². The summed E-state index contributed by atoms with van der Waals surface area (Å²) in [6.07, 6.45) is -0.226. The normalized spacial score (nSPS) is 11.6. The average molecular weight is 230 g/mol. The minimum atomic E-state index is -0.589. The zero-order valence-electron chi connectivity index (χ0n) is 9.51. The maximum atomic E-state index is 11.6. The third-order valence-electron chi connectivity index (χ3n) is 1.75. The van der Waals surface area contributed by atoms with E-state index in [9.17, 15) is 9.59 Å². The van der Waals surface area contributed by atoms with Crippen molar-refractivity contribution in [2.24, 2.45) is 22.5 Å². The predicted octanol–water partition coefficient (Wildman–Crippen LogP) is -0.907. The molecule has 0 aromatic carbocycles. The van der Waals surface area contributed by atoms with Crippen molar-refractivity contribution in [3.8, 4) is 0 Å². The highest BCUT2D eigenvalue weighted by Crippen LogP contribution is 2.01. The van der Waals surface area contributed by atoms with E-state index in [1.54, 1.807) is 0 Å². The Kier molecular flexibility index (Phi) is 5.91. The molecule has 0 aliphatic rings. The molecule has 0 heterocycles. The van der Waals surface area contributed by atoms with Gasteiger partial charge in [-0.2, -0.15) is 0 Å². The second-order valence-electron chi connectivity index (χ2n) is 3.90. The lowest BCUT2D eigenvalue weighted by Gasteiger charge is -2.22. The SMILES string of the molecule is CC(C)CN(CC(N)=O)C(=O)CC(N)=NO. The van der Waals surface area contributed by atoms with E-state index >= 15 is 0 Å². The van der Waals surface area contributed by atoms with Crippen LogP contribution in [-0.2, 0) is 9.59 Å². The molecule has 7 heteroatoms. The summed E-state index contributed by atoms with van der Waals surface area (Å²) >= 11 is 0. The number of carbonyl (C=O) groups excluding carboxylic acids is 2. The van der Waals surface area contributed by atoms with Gasteiger partial charge in [-0.15, -0.1) is 0 Å². The quantitative estimate of drug-likeness (QED) is 0.237. The van der Waals surface area contributed by atoms with Crippen LogP contribution in [0.5, 0.6) is 0 Å². The maximum absolute atomic E-state index is 11.6. The summed E-state index contributed by atoms with van der Waals surface area (Å²) in [5, 5.41) is 11.0. The zero-order valence-corrected chi connectivity index (χ0v) is 9.51. The summed E-state index contributed by atoms with van der Waals surface area (Å²) in [5.74, 6) is -0.963. The fraction of sp³-hybridized carbons (Fsp3) is 0.667. The minimum absolute atomic E-state index is 0.157. The molecule has 0 fully saturated rings. The van der Waals surface area contributed by atoms with E-state index < -0.39 is 5.91 Å². The first-order chi connectivity index (χ1) is 7.36. The van der Waals surface area contributed by atoms with Gasteiger partial charge in [0.15, 0.2) is 0 Å². The third-order valence-corrected chi connectivity index (χ3v) is 1.75. The summed E-state index contributed by atoms with van der Waals surface area (Å²) in [6.45, 7) is 4.06. The van der Waals surface area contributed by atoms with Crippen molar-refractivity contribution in [3.63, 3.8) is 0 Å². The first-order valence-electron chi connectivity index (χ1n) is 4.89. The second kappa shape index (κ2) is 6.65. The Bertz CT molecular complexity index is 288. The number of oxime groups is 1. The lowest BCUT2D eigenvalue weighted by Crippen LogP contribution is -2.42. The van der Waals surface area contributed by atoms with Crippen molar-refractivity contribution < 1.29 is 14.8 Å². The van der Waals surface area contributed by atoms with Crippen LogP contribution in [0.15, 0.2) is 5.16 Å². The van der Waals surface area contributed by atoms with Crippen LogP contribution in [0.1, 0.15) is 20.3 Å². The molecule has 0 aromatic heterocycles. The van der Waals surface area contributed by atoms with Crippen LogP contribution in [0.4, 0.5) is 0 Å². The number of rotatable bonds is 6. The molecule has 0 aliphatic carbocycles. The lowest BCUT2D eigenvalue weighted by atomic mass is 10.2. The predicted molar refractivity (Wildman–Crippen MR) is 58.6 cm³/mol. The van der Waals surface area contributed by atoms with Crippen LogP contribution in [0, 0.1) is 5.92 Å². The Morgan fingerprint density at radius 1 is 1.38 bits per heavy atom. The van der Waals surface area contributed by atoms with Crippen molar-refractivity contribution in [3.05, 3.63) is 0 Å². The van der Waals surface area contributed by atoms with Gasteiger partial charge in [-0.1, -0.05) is 19.0 Å². The Hall–Kier alpha value is -1.79. The van der Waals surface area contributed by atoms with Crippen molar-refractivity contribution in [1.29, 1.82) is 0 Å². The molecule has 0 rings (SSSR count). The Morgan fingerprint density at radius 2 is 1.94 bits per heavy atom. The van der Waals surface area contributed by atoms with Crippen LogP contribution >= 0.6 is 0 Å². The number of hydrogen-bond donors (Lipinski definition) is 3. The topological polar surface area (TPSA) is 122 Å². The monoisotopic (exact) mass is 230 g/mol. The third kappa shape index (κ3) is 5.84. The highest BCUT2D eigenvalue weighted by molar-refractivity contribution is 5.99. The molecule has 0 saturated carbocycles. The van der Waals surface area contributed by atoms with E-state index in [1.807, 2.05) is 13.8 Å². The van der Waals surface area contributed by atoms with Crippen molar-refractivity contribution in [1.82, 2.24) is 4.90 Å². The molecule has 0 aromatic rings. The van der Waals surface area contributed by atoms with Gasteiger partial charge in [0.05, 0.1) is 13.0 Å². The molecular formula is C9H18N4O3. The van der Waals surface area contributed by atoms with Gasteiger partial charge in [0.25, 0.3) is 0 Å². The molecule has 0 unspecified atom stereocenters. The van der Waals surface area contributed by atoms with Crippen LogP contribution in [0.3, 0.4) is 0 Å². The Balaban J connectivity index is 4.49. The molecule has 0 atom stereocenters. The van der Waals surface area contributed by atoms with Crippen molar-refractivity contribution >= 4 is 17.6 Å². The van der Waals surface area contributed by atoms with Gasteiger partial charge in [0, 0.05) is 6.54 Å². The number of amides is 2. The standard InChI is InChI=1S/C9H18N4O3/c1-6(2)4-13(5-8(11)14)9(15)3-7(10)12-16/h6,16H,3-5H2,1-2H3,(H2,10,12)(H2,11,14). The van der Waals surface area contributed by atoms with Gasteiger partial charge >= 0.3 is 0 Å². The molecule has 2 amide bonds. The fourth-order valence-electron chi connectivity index (χ4n) is 1.19. The largest absolute Gasteiger partial charge is 0.409 e. The number of hydrogen-bond acceptors (Lipinski definition) is 4. The average Bonchev–Trinajstić information content (AvgIpc) is 2.15. The Labute approximate surface area is 94.1 Å². The van der Waals surface area contributed by atoms with Gasteiger partial charge in [0.2, 0.25) is 11.8 Å². The zero-order chi connectivity index (χ0) is 12.7. The molecule has 5 N–H and O–H groups in total. The number of nitrogens with two attached hydrogens (primary N) is 2. The van der Waals surface area contributed by atoms with Gasteiger partial charge in [-0.05, 0) is 5.92 Å². The molecule has 92 valence electrons. The van der Waals surface area contributed by atoms with Gasteiger partial charge in [0.1, 0.15) is 5.84 Å². The van der Waals surface area contributed by atoms with Crippen LogP contribution in [-0.4, -0.2) is 40.8 Å².